The van der Waals surface area contributed by atoms with Crippen LogP contribution in [0.2, 0.25) is 0 Å². The summed E-state index contributed by atoms with van der Waals surface area (Å²) in [6.45, 7) is 4.21. The Morgan fingerprint density at radius 1 is 1.30 bits per heavy atom. The number of carbonyl (C=O) groups is 1. The summed E-state index contributed by atoms with van der Waals surface area (Å²) in [7, 11) is -4.04. The van der Waals surface area contributed by atoms with Gasteiger partial charge in [0.1, 0.15) is 10.7 Å². The molecule has 0 amide bonds. The Hall–Kier alpha value is -3.02. The van der Waals surface area contributed by atoms with E-state index in [0.29, 0.717) is 11.3 Å². The Labute approximate surface area is 196 Å². The predicted octanol–water partition coefficient (Wildman–Crippen LogP) is 3.78. The number of rotatable bonds is 7. The highest BCUT2D eigenvalue weighted by molar-refractivity contribution is 7.92. The second kappa shape index (κ2) is 11.2. The molecule has 0 bridgehead atoms. The molecular weight excluding hydrogens is 467 g/mol. The molecule has 2 heterocycles. The van der Waals surface area contributed by atoms with Gasteiger partial charge in [0.25, 0.3) is 16.5 Å². The van der Waals surface area contributed by atoms with Crippen molar-refractivity contribution in [2.24, 2.45) is 0 Å². The molecule has 1 aliphatic rings. The van der Waals surface area contributed by atoms with Gasteiger partial charge in [-0.15, -0.1) is 11.3 Å². The van der Waals surface area contributed by atoms with E-state index in [-0.39, 0.29) is 23.2 Å². The lowest BCUT2D eigenvalue weighted by Gasteiger charge is -2.19. The highest BCUT2D eigenvalue weighted by Crippen LogP contribution is 2.27. The van der Waals surface area contributed by atoms with E-state index in [9.17, 15) is 12.8 Å². The number of carboxylic acid groups (broad SMARTS) is 1. The standard InChI is InChI=1S/C21H23FN4O2S2.CH2O2/c1-15-9-20(30(27,28)25-21-13-29-14-23-21)18(22)10-19(15)24-17-7-8-26(12-17)11-16-5-3-2-4-6-16;2-1-3/h2-6,9-10,13-14,17,24-25H,7-8,11-12H2,1H3;1H,(H,2,3)/t17-;/m1./s1. The third-order valence-corrected chi connectivity index (χ3v) is 7.08. The number of likely N-dealkylation sites (tertiary alicyclic amines) is 1. The molecule has 0 spiro atoms. The second-order valence-corrected chi connectivity index (χ2v) is 9.90. The van der Waals surface area contributed by atoms with Gasteiger partial charge in [0.2, 0.25) is 0 Å². The van der Waals surface area contributed by atoms with Crippen LogP contribution in [0.15, 0.2) is 58.3 Å². The molecular formula is C22H25FN4O4S2. The number of aromatic nitrogens is 1. The number of aryl methyl sites for hydroxylation is 1. The summed E-state index contributed by atoms with van der Waals surface area (Å²) >= 11 is 1.26. The van der Waals surface area contributed by atoms with Gasteiger partial charge in [-0.3, -0.25) is 14.4 Å². The lowest BCUT2D eigenvalue weighted by atomic mass is 10.1. The molecule has 8 nitrogen and oxygen atoms in total. The average molecular weight is 493 g/mol. The zero-order chi connectivity index (χ0) is 23.8. The second-order valence-electron chi connectivity index (χ2n) is 7.53. The molecule has 1 fully saturated rings. The molecule has 0 saturated carbocycles. The topological polar surface area (TPSA) is 112 Å². The van der Waals surface area contributed by atoms with Gasteiger partial charge in [-0.25, -0.2) is 17.8 Å². The maximum atomic E-state index is 14.7. The van der Waals surface area contributed by atoms with E-state index in [0.717, 1.165) is 26.1 Å². The van der Waals surface area contributed by atoms with Crippen LogP contribution in [-0.4, -0.2) is 49.0 Å². The number of halogens is 1. The van der Waals surface area contributed by atoms with E-state index in [1.807, 2.05) is 18.2 Å². The van der Waals surface area contributed by atoms with Crippen LogP contribution in [0, 0.1) is 12.7 Å². The van der Waals surface area contributed by atoms with Gasteiger partial charge in [-0.1, -0.05) is 30.3 Å². The molecule has 1 aromatic heterocycles. The van der Waals surface area contributed by atoms with Gasteiger partial charge in [-0.05, 0) is 36.6 Å². The predicted molar refractivity (Wildman–Crippen MR) is 126 cm³/mol. The number of thiazole rings is 1. The molecule has 11 heteroatoms. The van der Waals surface area contributed by atoms with Crippen LogP contribution < -0.4 is 10.0 Å². The van der Waals surface area contributed by atoms with E-state index < -0.39 is 15.8 Å². The van der Waals surface area contributed by atoms with E-state index in [4.69, 9.17) is 9.90 Å². The van der Waals surface area contributed by atoms with Crippen molar-refractivity contribution in [1.82, 2.24) is 9.88 Å². The zero-order valence-corrected chi connectivity index (χ0v) is 19.6. The first-order valence-corrected chi connectivity index (χ1v) is 12.6. The van der Waals surface area contributed by atoms with Crippen molar-refractivity contribution in [3.05, 3.63) is 70.3 Å². The number of nitrogens with one attached hydrogen (secondary N) is 2. The lowest BCUT2D eigenvalue weighted by Crippen LogP contribution is -2.26. The minimum absolute atomic E-state index is 0.183. The third kappa shape index (κ3) is 6.73. The highest BCUT2D eigenvalue weighted by Gasteiger charge is 2.25. The first kappa shape index (κ1) is 24.6. The Kier molecular flexibility index (Phi) is 8.37. The van der Waals surface area contributed by atoms with Gasteiger partial charge >= 0.3 is 0 Å². The molecule has 1 aliphatic heterocycles. The minimum atomic E-state index is -4.04. The van der Waals surface area contributed by atoms with Crippen molar-refractivity contribution < 1.29 is 22.7 Å². The third-order valence-electron chi connectivity index (χ3n) is 5.12. The normalized spacial score (nSPS) is 16.0. The van der Waals surface area contributed by atoms with E-state index >= 15 is 0 Å². The monoisotopic (exact) mass is 492 g/mol. The highest BCUT2D eigenvalue weighted by atomic mass is 32.2. The Balaban J connectivity index is 0.000000968. The first-order chi connectivity index (χ1) is 15.8. The maximum absolute atomic E-state index is 14.7. The Bertz CT molecular complexity index is 1160. The van der Waals surface area contributed by atoms with Crippen LogP contribution in [0.4, 0.5) is 15.9 Å². The summed E-state index contributed by atoms with van der Waals surface area (Å²) < 4.78 is 42.1. The van der Waals surface area contributed by atoms with Gasteiger partial charge in [0.15, 0.2) is 5.82 Å². The van der Waals surface area contributed by atoms with Crippen molar-refractivity contribution in [3.8, 4) is 0 Å². The van der Waals surface area contributed by atoms with Crippen LogP contribution in [0.5, 0.6) is 0 Å². The Morgan fingerprint density at radius 3 is 2.70 bits per heavy atom. The van der Waals surface area contributed by atoms with Crippen LogP contribution >= 0.6 is 11.3 Å². The number of hydrogen-bond acceptors (Lipinski definition) is 7. The van der Waals surface area contributed by atoms with Crippen LogP contribution in [0.25, 0.3) is 0 Å². The smallest absolute Gasteiger partial charge is 0.290 e. The summed E-state index contributed by atoms with van der Waals surface area (Å²) in [4.78, 5) is 14.2. The summed E-state index contributed by atoms with van der Waals surface area (Å²) in [5.74, 6) is -0.603. The fourth-order valence-electron chi connectivity index (χ4n) is 3.63. The number of anilines is 2. The van der Waals surface area contributed by atoms with Crippen molar-refractivity contribution in [3.63, 3.8) is 0 Å². The fourth-order valence-corrected chi connectivity index (χ4v) is 5.33. The van der Waals surface area contributed by atoms with Crippen LogP contribution in [-0.2, 0) is 21.4 Å². The quantitative estimate of drug-likeness (QED) is 0.431. The number of sulfonamides is 1. The number of benzene rings is 2. The van der Waals surface area contributed by atoms with Gasteiger partial charge in [0, 0.05) is 36.7 Å². The number of nitrogens with zero attached hydrogens (tertiary/aromatic N) is 2. The molecule has 33 heavy (non-hydrogen) atoms. The molecule has 176 valence electrons. The molecule has 1 saturated heterocycles. The van der Waals surface area contributed by atoms with Crippen molar-refractivity contribution in [2.75, 3.05) is 23.1 Å². The molecule has 3 aromatic rings. The largest absolute Gasteiger partial charge is 0.483 e. The molecule has 0 unspecified atom stereocenters. The summed E-state index contributed by atoms with van der Waals surface area (Å²) in [5, 5.41) is 11.8. The fraction of sp³-hybridized carbons (Fsp3) is 0.273. The lowest BCUT2D eigenvalue weighted by molar-refractivity contribution is -0.122. The average Bonchev–Trinajstić information content (AvgIpc) is 3.43. The molecule has 4 rings (SSSR count). The molecule has 3 N–H and O–H groups in total. The molecule has 1 atom stereocenters. The van der Waals surface area contributed by atoms with E-state index in [1.54, 1.807) is 12.3 Å². The SMILES string of the molecule is Cc1cc(S(=O)(=O)Nc2cscn2)c(F)cc1N[C@@H]1CCN(Cc2ccccc2)C1.O=CO. The zero-order valence-electron chi connectivity index (χ0n) is 17.9. The van der Waals surface area contributed by atoms with Gasteiger partial charge in [0.05, 0.1) is 5.51 Å². The molecule has 0 aliphatic carbocycles. The van der Waals surface area contributed by atoms with Crippen molar-refractivity contribution in [1.29, 1.82) is 0 Å². The molecule has 2 aromatic carbocycles. The van der Waals surface area contributed by atoms with Crippen LogP contribution in [0.1, 0.15) is 17.5 Å². The first-order valence-electron chi connectivity index (χ1n) is 10.1. The van der Waals surface area contributed by atoms with Crippen molar-refractivity contribution in [2.45, 2.75) is 30.8 Å². The van der Waals surface area contributed by atoms with Crippen molar-refractivity contribution >= 4 is 39.3 Å². The van der Waals surface area contributed by atoms with E-state index in [1.165, 1.54) is 34.5 Å². The summed E-state index contributed by atoms with van der Waals surface area (Å²) in [6.07, 6.45) is 0.944. The van der Waals surface area contributed by atoms with Crippen LogP contribution in [0.3, 0.4) is 0 Å². The van der Waals surface area contributed by atoms with Gasteiger partial charge < -0.3 is 10.4 Å². The summed E-state index contributed by atoms with van der Waals surface area (Å²) in [5.41, 5.74) is 4.07. The maximum Gasteiger partial charge on any atom is 0.290 e. The summed E-state index contributed by atoms with van der Waals surface area (Å²) in [6, 6.07) is 13.1. The van der Waals surface area contributed by atoms with E-state index in [2.05, 4.69) is 32.1 Å². The van der Waals surface area contributed by atoms with Gasteiger partial charge in [-0.2, -0.15) is 0 Å². The molecule has 0 radical (unpaired) electrons. The Morgan fingerprint density at radius 2 is 2.03 bits per heavy atom. The minimum Gasteiger partial charge on any atom is -0.483 e. The number of hydrogen-bond donors (Lipinski definition) is 3.